The first-order valence-corrected chi connectivity index (χ1v) is 7.24. The topological polar surface area (TPSA) is 34.1 Å². The number of aromatic nitrogens is 1. The van der Waals surface area contributed by atoms with Gasteiger partial charge in [-0.25, -0.2) is 0 Å². The van der Waals surface area contributed by atoms with Crippen LogP contribution in [0.5, 0.6) is 5.75 Å². The molecule has 0 bridgehead atoms. The third kappa shape index (κ3) is 5.60. The lowest BCUT2D eigenvalue weighted by molar-refractivity contribution is 0.336. The molecule has 0 atom stereocenters. The Hall–Kier alpha value is -1.09. The first-order valence-electron chi connectivity index (χ1n) is 7.24. The van der Waals surface area contributed by atoms with Crippen molar-refractivity contribution in [1.82, 2.24) is 10.3 Å². The molecule has 0 saturated carbocycles. The average molecular weight is 264 g/mol. The predicted octanol–water partition coefficient (Wildman–Crippen LogP) is 3.39. The fourth-order valence-corrected chi connectivity index (χ4v) is 1.97. The monoisotopic (exact) mass is 264 g/mol. The molecule has 1 heterocycles. The highest BCUT2D eigenvalue weighted by atomic mass is 16.5. The largest absolute Gasteiger partial charge is 0.492 e. The third-order valence-electron chi connectivity index (χ3n) is 3.28. The van der Waals surface area contributed by atoms with Gasteiger partial charge in [0.05, 0.1) is 12.8 Å². The van der Waals surface area contributed by atoms with E-state index in [2.05, 4.69) is 44.1 Å². The maximum atomic E-state index is 5.52. The van der Waals surface area contributed by atoms with Crippen molar-refractivity contribution < 1.29 is 4.74 Å². The van der Waals surface area contributed by atoms with E-state index in [1.165, 1.54) is 5.56 Å². The van der Waals surface area contributed by atoms with Crippen LogP contribution in [0.15, 0.2) is 18.5 Å². The second kappa shape index (κ2) is 7.49. The van der Waals surface area contributed by atoms with E-state index in [-0.39, 0.29) is 5.41 Å². The van der Waals surface area contributed by atoms with Gasteiger partial charge in [0.15, 0.2) is 0 Å². The lowest BCUT2D eigenvalue weighted by atomic mass is 9.82. The van der Waals surface area contributed by atoms with Gasteiger partial charge in [0.1, 0.15) is 5.75 Å². The van der Waals surface area contributed by atoms with Crippen LogP contribution in [-0.4, -0.2) is 24.7 Å². The van der Waals surface area contributed by atoms with E-state index < -0.39 is 0 Å². The SMILES string of the molecule is CCOc1cncc(C(C)(C)CCNCC(C)C)c1. The second-order valence-corrected chi connectivity index (χ2v) is 6.07. The van der Waals surface area contributed by atoms with Crippen LogP contribution in [-0.2, 0) is 5.41 Å². The Kier molecular flexibility index (Phi) is 6.29. The lowest BCUT2D eigenvalue weighted by Gasteiger charge is -2.25. The van der Waals surface area contributed by atoms with Crippen molar-refractivity contribution >= 4 is 0 Å². The Labute approximate surface area is 117 Å². The molecule has 0 fully saturated rings. The van der Waals surface area contributed by atoms with Gasteiger partial charge in [0, 0.05) is 6.20 Å². The van der Waals surface area contributed by atoms with E-state index in [1.807, 2.05) is 13.1 Å². The predicted molar refractivity (Wildman–Crippen MR) is 80.8 cm³/mol. The zero-order valence-corrected chi connectivity index (χ0v) is 13.0. The van der Waals surface area contributed by atoms with Crippen molar-refractivity contribution in [2.45, 2.75) is 46.5 Å². The number of ether oxygens (including phenoxy) is 1. The van der Waals surface area contributed by atoms with Crippen LogP contribution in [0.3, 0.4) is 0 Å². The molecule has 19 heavy (non-hydrogen) atoms. The summed E-state index contributed by atoms with van der Waals surface area (Å²) in [6.07, 6.45) is 4.82. The number of nitrogens with one attached hydrogen (secondary N) is 1. The van der Waals surface area contributed by atoms with E-state index in [0.717, 1.165) is 25.3 Å². The van der Waals surface area contributed by atoms with Crippen LogP contribution < -0.4 is 10.1 Å². The van der Waals surface area contributed by atoms with Gasteiger partial charge in [0.25, 0.3) is 0 Å². The van der Waals surface area contributed by atoms with Gasteiger partial charge in [-0.15, -0.1) is 0 Å². The van der Waals surface area contributed by atoms with E-state index in [0.29, 0.717) is 12.5 Å². The molecule has 1 aromatic heterocycles. The fourth-order valence-electron chi connectivity index (χ4n) is 1.97. The smallest absolute Gasteiger partial charge is 0.137 e. The summed E-state index contributed by atoms with van der Waals surface area (Å²) in [6.45, 7) is 13.8. The Morgan fingerprint density at radius 1 is 1.32 bits per heavy atom. The van der Waals surface area contributed by atoms with Gasteiger partial charge in [-0.05, 0) is 49.4 Å². The molecular formula is C16H28N2O. The van der Waals surface area contributed by atoms with Crippen molar-refractivity contribution in [2.24, 2.45) is 5.92 Å². The Bertz CT molecular complexity index is 375. The van der Waals surface area contributed by atoms with Crippen molar-refractivity contribution in [3.8, 4) is 5.75 Å². The molecular weight excluding hydrogens is 236 g/mol. The van der Waals surface area contributed by atoms with Gasteiger partial charge >= 0.3 is 0 Å². The Morgan fingerprint density at radius 2 is 2.05 bits per heavy atom. The molecule has 0 aliphatic rings. The molecule has 0 aliphatic carbocycles. The molecule has 3 heteroatoms. The highest BCUT2D eigenvalue weighted by Gasteiger charge is 2.21. The van der Waals surface area contributed by atoms with Gasteiger partial charge in [-0.1, -0.05) is 27.7 Å². The van der Waals surface area contributed by atoms with Crippen molar-refractivity contribution in [3.63, 3.8) is 0 Å². The van der Waals surface area contributed by atoms with E-state index in [1.54, 1.807) is 6.20 Å². The summed E-state index contributed by atoms with van der Waals surface area (Å²) in [4.78, 5) is 4.28. The lowest BCUT2D eigenvalue weighted by Crippen LogP contribution is -2.27. The number of hydrogen-bond acceptors (Lipinski definition) is 3. The Morgan fingerprint density at radius 3 is 2.68 bits per heavy atom. The molecule has 0 unspecified atom stereocenters. The molecule has 0 amide bonds. The summed E-state index contributed by atoms with van der Waals surface area (Å²) in [6, 6.07) is 2.11. The van der Waals surface area contributed by atoms with Crippen molar-refractivity contribution in [3.05, 3.63) is 24.0 Å². The van der Waals surface area contributed by atoms with Gasteiger partial charge in [-0.3, -0.25) is 4.98 Å². The molecule has 1 aromatic rings. The van der Waals surface area contributed by atoms with Crippen LogP contribution in [0, 0.1) is 5.92 Å². The minimum Gasteiger partial charge on any atom is -0.492 e. The van der Waals surface area contributed by atoms with E-state index >= 15 is 0 Å². The molecule has 0 aliphatic heterocycles. The first kappa shape index (κ1) is 16.0. The van der Waals surface area contributed by atoms with Crippen LogP contribution in [0.1, 0.15) is 46.6 Å². The molecule has 0 spiro atoms. The molecule has 1 rings (SSSR count). The number of rotatable bonds is 8. The zero-order chi connectivity index (χ0) is 14.3. The summed E-state index contributed by atoms with van der Waals surface area (Å²) in [5.41, 5.74) is 1.36. The molecule has 108 valence electrons. The fraction of sp³-hybridized carbons (Fsp3) is 0.688. The minimum absolute atomic E-state index is 0.115. The average Bonchev–Trinajstić information content (AvgIpc) is 2.35. The third-order valence-corrected chi connectivity index (χ3v) is 3.28. The summed E-state index contributed by atoms with van der Waals surface area (Å²) in [5.74, 6) is 1.56. The van der Waals surface area contributed by atoms with Gasteiger partial charge in [-0.2, -0.15) is 0 Å². The molecule has 0 aromatic carbocycles. The number of nitrogens with zero attached hydrogens (tertiary/aromatic N) is 1. The van der Waals surface area contributed by atoms with E-state index in [4.69, 9.17) is 4.74 Å². The second-order valence-electron chi connectivity index (χ2n) is 6.07. The molecule has 1 N–H and O–H groups in total. The standard InChI is InChI=1S/C16H28N2O/c1-6-19-15-9-14(11-18-12-15)16(4,5)7-8-17-10-13(2)3/h9,11-13,17H,6-8,10H2,1-5H3. The summed E-state index contributed by atoms with van der Waals surface area (Å²) >= 11 is 0. The van der Waals surface area contributed by atoms with Crippen LogP contribution in [0.25, 0.3) is 0 Å². The summed E-state index contributed by atoms with van der Waals surface area (Å²) in [7, 11) is 0. The van der Waals surface area contributed by atoms with Crippen molar-refractivity contribution in [2.75, 3.05) is 19.7 Å². The quantitative estimate of drug-likeness (QED) is 0.731. The minimum atomic E-state index is 0.115. The number of hydrogen-bond donors (Lipinski definition) is 1. The van der Waals surface area contributed by atoms with Crippen LogP contribution in [0.2, 0.25) is 0 Å². The molecule has 3 nitrogen and oxygen atoms in total. The zero-order valence-electron chi connectivity index (χ0n) is 13.0. The van der Waals surface area contributed by atoms with Gasteiger partial charge in [0.2, 0.25) is 0 Å². The Balaban J connectivity index is 2.57. The van der Waals surface area contributed by atoms with Crippen LogP contribution in [0.4, 0.5) is 0 Å². The maximum Gasteiger partial charge on any atom is 0.137 e. The van der Waals surface area contributed by atoms with Crippen LogP contribution >= 0.6 is 0 Å². The van der Waals surface area contributed by atoms with E-state index in [9.17, 15) is 0 Å². The van der Waals surface area contributed by atoms with Gasteiger partial charge < -0.3 is 10.1 Å². The highest BCUT2D eigenvalue weighted by molar-refractivity contribution is 5.29. The molecule has 0 radical (unpaired) electrons. The summed E-state index contributed by atoms with van der Waals surface area (Å²) in [5, 5.41) is 3.50. The highest BCUT2D eigenvalue weighted by Crippen LogP contribution is 2.28. The maximum absolute atomic E-state index is 5.52. The number of pyridine rings is 1. The molecule has 0 saturated heterocycles. The van der Waals surface area contributed by atoms with Crippen molar-refractivity contribution in [1.29, 1.82) is 0 Å². The normalized spacial score (nSPS) is 11.9. The first-order chi connectivity index (χ1) is 8.95. The summed E-state index contributed by atoms with van der Waals surface area (Å²) < 4.78 is 5.52.